The maximum atomic E-state index is 11.7. The van der Waals surface area contributed by atoms with Crippen molar-refractivity contribution in [1.82, 2.24) is 9.71 Å². The molecule has 2 aromatic heterocycles. The highest BCUT2D eigenvalue weighted by molar-refractivity contribution is 7.89. The molecule has 0 radical (unpaired) electrons. The number of nitrogens with zero attached hydrogens (tertiary/aromatic N) is 1. The van der Waals surface area contributed by atoms with Crippen molar-refractivity contribution < 1.29 is 22.7 Å². The number of furan rings is 1. The molecular weight excluding hydrogens is 280 g/mol. The second-order valence-corrected chi connectivity index (χ2v) is 5.85. The van der Waals surface area contributed by atoms with E-state index in [0.717, 1.165) is 12.1 Å². The van der Waals surface area contributed by atoms with Gasteiger partial charge in [0, 0.05) is 11.6 Å². The van der Waals surface area contributed by atoms with E-state index in [1.54, 1.807) is 11.6 Å². The Morgan fingerprint density at radius 3 is 2.83 bits per heavy atom. The first-order chi connectivity index (χ1) is 8.49. The molecule has 18 heavy (non-hydrogen) atoms. The third-order valence-electron chi connectivity index (χ3n) is 1.95. The van der Waals surface area contributed by atoms with Gasteiger partial charge in [0.1, 0.15) is 5.01 Å². The molecule has 0 saturated heterocycles. The lowest BCUT2D eigenvalue weighted by atomic mass is 10.5. The molecular formula is C9H8N2O5S2. The highest BCUT2D eigenvalue weighted by Crippen LogP contribution is 2.14. The minimum Gasteiger partial charge on any atom is -0.475 e. The number of carboxylic acids is 1. The van der Waals surface area contributed by atoms with Crippen LogP contribution in [0.25, 0.3) is 0 Å². The van der Waals surface area contributed by atoms with E-state index in [1.165, 1.54) is 11.3 Å². The third-order valence-corrected chi connectivity index (χ3v) is 4.01. The molecule has 2 N–H and O–H groups in total. The fourth-order valence-electron chi connectivity index (χ4n) is 1.15. The smallest absolute Gasteiger partial charge is 0.371 e. The summed E-state index contributed by atoms with van der Waals surface area (Å²) in [7, 11) is -3.86. The number of sulfonamides is 1. The molecule has 0 aliphatic carbocycles. The van der Waals surface area contributed by atoms with Crippen molar-refractivity contribution in [3.63, 3.8) is 0 Å². The zero-order valence-electron chi connectivity index (χ0n) is 8.86. The van der Waals surface area contributed by atoms with Crippen LogP contribution >= 0.6 is 11.3 Å². The summed E-state index contributed by atoms with van der Waals surface area (Å²) in [5.74, 6) is -1.75. The molecule has 0 fully saturated rings. The SMILES string of the molecule is O=C(O)c1ccc(S(=O)(=O)NCc2nccs2)o1. The third kappa shape index (κ3) is 2.75. The maximum Gasteiger partial charge on any atom is 0.371 e. The zero-order valence-corrected chi connectivity index (χ0v) is 10.5. The van der Waals surface area contributed by atoms with Crippen molar-refractivity contribution in [1.29, 1.82) is 0 Å². The van der Waals surface area contributed by atoms with Gasteiger partial charge in [-0.3, -0.25) is 0 Å². The fraction of sp³-hybridized carbons (Fsp3) is 0.111. The molecule has 0 bridgehead atoms. The molecule has 0 saturated carbocycles. The summed E-state index contributed by atoms with van der Waals surface area (Å²) in [6.07, 6.45) is 1.56. The summed E-state index contributed by atoms with van der Waals surface area (Å²) in [6.45, 7) is 0.0309. The van der Waals surface area contributed by atoms with Crippen molar-refractivity contribution in [2.24, 2.45) is 0 Å². The zero-order chi connectivity index (χ0) is 13.2. The van der Waals surface area contributed by atoms with Gasteiger partial charge in [-0.15, -0.1) is 11.3 Å². The molecule has 2 heterocycles. The minimum atomic E-state index is -3.86. The predicted octanol–water partition coefficient (Wildman–Crippen LogP) is 0.913. The summed E-state index contributed by atoms with van der Waals surface area (Å²) in [4.78, 5) is 14.5. The van der Waals surface area contributed by atoms with Crippen LogP contribution in [0.15, 0.2) is 33.2 Å². The Morgan fingerprint density at radius 2 is 2.28 bits per heavy atom. The van der Waals surface area contributed by atoms with Crippen molar-refractivity contribution in [3.05, 3.63) is 34.5 Å². The Labute approximate surface area is 106 Å². The monoisotopic (exact) mass is 288 g/mol. The molecule has 0 aliphatic heterocycles. The summed E-state index contributed by atoms with van der Waals surface area (Å²) in [6, 6.07) is 2.17. The Hall–Kier alpha value is -1.71. The highest BCUT2D eigenvalue weighted by atomic mass is 32.2. The quantitative estimate of drug-likeness (QED) is 0.846. The van der Waals surface area contributed by atoms with E-state index >= 15 is 0 Å². The molecule has 0 unspecified atom stereocenters. The van der Waals surface area contributed by atoms with E-state index in [-0.39, 0.29) is 6.54 Å². The lowest BCUT2D eigenvalue weighted by molar-refractivity contribution is 0.0656. The number of nitrogens with one attached hydrogen (secondary N) is 1. The van der Waals surface area contributed by atoms with Crippen LogP contribution in [-0.2, 0) is 16.6 Å². The van der Waals surface area contributed by atoms with Crippen LogP contribution in [0.1, 0.15) is 15.6 Å². The molecule has 0 spiro atoms. The summed E-state index contributed by atoms with van der Waals surface area (Å²) >= 11 is 1.31. The van der Waals surface area contributed by atoms with E-state index in [9.17, 15) is 13.2 Å². The molecule has 0 aliphatic rings. The van der Waals surface area contributed by atoms with Gasteiger partial charge in [0.05, 0.1) is 6.54 Å². The number of aromatic carboxylic acids is 1. The highest BCUT2D eigenvalue weighted by Gasteiger charge is 2.20. The van der Waals surface area contributed by atoms with Crippen LogP contribution in [0.2, 0.25) is 0 Å². The first kappa shape index (κ1) is 12.7. The van der Waals surface area contributed by atoms with Gasteiger partial charge >= 0.3 is 5.97 Å². The average Bonchev–Trinajstić information content (AvgIpc) is 2.98. The molecule has 2 rings (SSSR count). The summed E-state index contributed by atoms with van der Waals surface area (Å²) in [5, 5.41) is 10.5. The van der Waals surface area contributed by atoms with Gasteiger partial charge in [0.15, 0.2) is 0 Å². The average molecular weight is 288 g/mol. The van der Waals surface area contributed by atoms with Gasteiger partial charge in [-0.05, 0) is 12.1 Å². The Morgan fingerprint density at radius 1 is 1.50 bits per heavy atom. The molecule has 9 heteroatoms. The van der Waals surface area contributed by atoms with Crippen molar-refractivity contribution in [3.8, 4) is 0 Å². The number of hydrogen-bond donors (Lipinski definition) is 2. The lowest BCUT2D eigenvalue weighted by Gasteiger charge is -2.01. The topological polar surface area (TPSA) is 110 Å². The Bertz CT molecular complexity index is 644. The number of carboxylic acid groups (broad SMARTS) is 1. The molecule has 0 aromatic carbocycles. The summed E-state index contributed by atoms with van der Waals surface area (Å²) < 4.78 is 30.5. The largest absolute Gasteiger partial charge is 0.475 e. The van der Waals surface area contributed by atoms with Gasteiger partial charge in [0.2, 0.25) is 10.9 Å². The van der Waals surface area contributed by atoms with Gasteiger partial charge < -0.3 is 9.52 Å². The molecule has 0 atom stereocenters. The van der Waals surface area contributed by atoms with Crippen LogP contribution in [0.5, 0.6) is 0 Å². The maximum absolute atomic E-state index is 11.7. The molecule has 96 valence electrons. The van der Waals surface area contributed by atoms with Crippen LogP contribution in [0, 0.1) is 0 Å². The van der Waals surface area contributed by atoms with Crippen LogP contribution in [-0.4, -0.2) is 24.5 Å². The summed E-state index contributed by atoms with van der Waals surface area (Å²) in [5.41, 5.74) is 0. The van der Waals surface area contributed by atoms with E-state index in [1.807, 2.05) is 0 Å². The number of hydrogen-bond acceptors (Lipinski definition) is 6. The van der Waals surface area contributed by atoms with E-state index < -0.39 is 26.8 Å². The van der Waals surface area contributed by atoms with Crippen molar-refractivity contribution >= 4 is 27.3 Å². The van der Waals surface area contributed by atoms with E-state index in [2.05, 4.69) is 9.71 Å². The predicted molar refractivity (Wildman–Crippen MR) is 61.8 cm³/mol. The van der Waals surface area contributed by atoms with Crippen LogP contribution in [0.3, 0.4) is 0 Å². The van der Waals surface area contributed by atoms with Gasteiger partial charge in [0.25, 0.3) is 10.0 Å². The standard InChI is InChI=1S/C9H8N2O5S2/c12-9(13)6-1-2-8(16-6)18(14,15)11-5-7-10-3-4-17-7/h1-4,11H,5H2,(H,12,13). The fourth-order valence-corrected chi connectivity index (χ4v) is 2.71. The molecule has 7 nitrogen and oxygen atoms in total. The number of rotatable bonds is 5. The normalized spacial score (nSPS) is 11.6. The van der Waals surface area contributed by atoms with Crippen LogP contribution in [0.4, 0.5) is 0 Å². The van der Waals surface area contributed by atoms with Gasteiger partial charge in [-0.2, -0.15) is 0 Å². The second-order valence-electron chi connectivity index (χ2n) is 3.17. The Kier molecular flexibility index (Phi) is 3.45. The number of carbonyl (C=O) groups is 1. The van der Waals surface area contributed by atoms with E-state index in [4.69, 9.17) is 9.52 Å². The van der Waals surface area contributed by atoms with Crippen molar-refractivity contribution in [2.45, 2.75) is 11.6 Å². The van der Waals surface area contributed by atoms with Crippen molar-refractivity contribution in [2.75, 3.05) is 0 Å². The van der Waals surface area contributed by atoms with Gasteiger partial charge in [-0.1, -0.05) is 0 Å². The molecule has 0 amide bonds. The number of aromatic nitrogens is 1. The molecule has 2 aromatic rings. The second kappa shape index (κ2) is 4.88. The number of thiazole rings is 1. The minimum absolute atomic E-state index is 0.0309. The van der Waals surface area contributed by atoms with Crippen LogP contribution < -0.4 is 4.72 Å². The first-order valence-corrected chi connectivity index (χ1v) is 7.06. The van der Waals surface area contributed by atoms with E-state index in [0.29, 0.717) is 5.01 Å². The Balaban J connectivity index is 2.12. The lowest BCUT2D eigenvalue weighted by Crippen LogP contribution is -2.22. The first-order valence-electron chi connectivity index (χ1n) is 4.70. The van der Waals surface area contributed by atoms with Gasteiger partial charge in [-0.25, -0.2) is 22.9 Å².